The van der Waals surface area contributed by atoms with Gasteiger partial charge in [0, 0.05) is 12.3 Å². The summed E-state index contributed by atoms with van der Waals surface area (Å²) in [5, 5.41) is 6.31. The van der Waals surface area contributed by atoms with Gasteiger partial charge < -0.3 is 14.8 Å². The predicted octanol–water partition coefficient (Wildman–Crippen LogP) is 3.37. The van der Waals surface area contributed by atoms with Gasteiger partial charge in [-0.25, -0.2) is 4.39 Å². The molecule has 0 bridgehead atoms. The van der Waals surface area contributed by atoms with Crippen LogP contribution in [-0.4, -0.2) is 16.0 Å². The molecule has 0 aliphatic rings. The number of carbonyl (C=O) groups excluding carboxylic acids is 1. The number of benzene rings is 1. The Balaban J connectivity index is 1.78. The van der Waals surface area contributed by atoms with Crippen molar-refractivity contribution < 1.29 is 13.7 Å². The molecule has 0 fully saturated rings. The summed E-state index contributed by atoms with van der Waals surface area (Å²) in [5.41, 5.74) is 2.01. The van der Waals surface area contributed by atoms with Gasteiger partial charge in [-0.1, -0.05) is 17.3 Å². The first-order valence-corrected chi connectivity index (χ1v) is 6.31. The molecule has 2 N–H and O–H groups in total. The third kappa shape index (κ3) is 2.84. The van der Waals surface area contributed by atoms with E-state index in [0.717, 1.165) is 11.1 Å². The van der Waals surface area contributed by atoms with Crippen molar-refractivity contribution in [2.24, 2.45) is 0 Å². The number of amides is 1. The molecule has 106 valence electrons. The second-order valence-electron chi connectivity index (χ2n) is 4.59. The second kappa shape index (κ2) is 5.24. The maximum absolute atomic E-state index is 12.9. The third-order valence-electron chi connectivity index (χ3n) is 2.97. The summed E-state index contributed by atoms with van der Waals surface area (Å²) in [6.07, 6.45) is 1.69. The number of aromatic nitrogens is 2. The van der Waals surface area contributed by atoms with Crippen LogP contribution in [0.5, 0.6) is 0 Å². The summed E-state index contributed by atoms with van der Waals surface area (Å²) in [7, 11) is 0. The molecule has 6 heteroatoms. The topological polar surface area (TPSA) is 70.9 Å². The SMILES string of the molecule is Cc1cc(NC(=O)c2cc(-c3ccc(F)cc3)c[nH]2)no1. The number of nitrogens with zero attached hydrogens (tertiary/aromatic N) is 1. The van der Waals surface area contributed by atoms with E-state index in [0.29, 0.717) is 17.3 Å². The van der Waals surface area contributed by atoms with E-state index in [4.69, 9.17) is 4.52 Å². The maximum atomic E-state index is 12.9. The highest BCUT2D eigenvalue weighted by atomic mass is 19.1. The average molecular weight is 285 g/mol. The lowest BCUT2D eigenvalue weighted by molar-refractivity contribution is 0.102. The zero-order chi connectivity index (χ0) is 14.8. The summed E-state index contributed by atoms with van der Waals surface area (Å²) in [6, 6.07) is 9.38. The lowest BCUT2D eigenvalue weighted by atomic mass is 10.1. The standard InChI is InChI=1S/C15H12FN3O2/c1-9-6-14(19-21-9)18-15(20)13-7-11(8-17-13)10-2-4-12(16)5-3-10/h2-8,17H,1H3,(H,18,19,20). The summed E-state index contributed by atoms with van der Waals surface area (Å²) >= 11 is 0. The molecule has 3 aromatic rings. The number of aromatic amines is 1. The fraction of sp³-hybridized carbons (Fsp3) is 0.0667. The lowest BCUT2D eigenvalue weighted by Crippen LogP contribution is -2.12. The molecule has 0 saturated carbocycles. The van der Waals surface area contributed by atoms with Gasteiger partial charge in [0.05, 0.1) is 0 Å². The largest absolute Gasteiger partial charge is 0.360 e. The Hall–Kier alpha value is -2.89. The molecule has 0 atom stereocenters. The van der Waals surface area contributed by atoms with Crippen LogP contribution in [0.1, 0.15) is 16.2 Å². The minimum absolute atomic E-state index is 0.298. The van der Waals surface area contributed by atoms with Crippen molar-refractivity contribution in [1.29, 1.82) is 0 Å². The first-order chi connectivity index (χ1) is 10.1. The number of rotatable bonds is 3. The van der Waals surface area contributed by atoms with E-state index in [-0.39, 0.29) is 11.7 Å². The van der Waals surface area contributed by atoms with E-state index < -0.39 is 0 Å². The van der Waals surface area contributed by atoms with Crippen LogP contribution in [0.3, 0.4) is 0 Å². The Kier molecular flexibility index (Phi) is 3.27. The van der Waals surface area contributed by atoms with Crippen molar-refractivity contribution in [1.82, 2.24) is 10.1 Å². The summed E-state index contributed by atoms with van der Waals surface area (Å²) in [6.45, 7) is 1.74. The number of hydrogen-bond donors (Lipinski definition) is 2. The molecule has 2 heterocycles. The van der Waals surface area contributed by atoms with Gasteiger partial charge in [0.1, 0.15) is 17.3 Å². The van der Waals surface area contributed by atoms with Crippen LogP contribution in [0.15, 0.2) is 47.1 Å². The van der Waals surface area contributed by atoms with Gasteiger partial charge in [-0.2, -0.15) is 0 Å². The van der Waals surface area contributed by atoms with Gasteiger partial charge in [0.2, 0.25) is 0 Å². The molecular formula is C15H12FN3O2. The van der Waals surface area contributed by atoms with Crippen molar-refractivity contribution in [2.45, 2.75) is 6.92 Å². The maximum Gasteiger partial charge on any atom is 0.273 e. The molecule has 0 aliphatic carbocycles. The first-order valence-electron chi connectivity index (χ1n) is 6.31. The summed E-state index contributed by atoms with van der Waals surface area (Å²) < 4.78 is 17.8. The Labute approximate surface area is 119 Å². The zero-order valence-electron chi connectivity index (χ0n) is 11.2. The molecule has 0 spiro atoms. The first kappa shape index (κ1) is 13.1. The molecule has 0 unspecified atom stereocenters. The van der Waals surface area contributed by atoms with E-state index in [9.17, 15) is 9.18 Å². The van der Waals surface area contributed by atoms with Crippen LogP contribution in [0, 0.1) is 12.7 Å². The minimum Gasteiger partial charge on any atom is -0.360 e. The summed E-state index contributed by atoms with van der Waals surface area (Å²) in [5.74, 6) is 0.351. The number of hydrogen-bond acceptors (Lipinski definition) is 3. The Morgan fingerprint density at radius 2 is 2.00 bits per heavy atom. The lowest BCUT2D eigenvalue weighted by Gasteiger charge is -1.98. The van der Waals surface area contributed by atoms with Crippen LogP contribution in [0.4, 0.5) is 10.2 Å². The van der Waals surface area contributed by atoms with Crippen molar-refractivity contribution in [3.05, 3.63) is 59.9 Å². The molecule has 3 rings (SSSR count). The van der Waals surface area contributed by atoms with E-state index in [1.54, 1.807) is 37.4 Å². The number of halogens is 1. The quantitative estimate of drug-likeness (QED) is 0.775. The Morgan fingerprint density at radius 1 is 1.24 bits per heavy atom. The molecule has 0 radical (unpaired) electrons. The Bertz CT molecular complexity index is 774. The summed E-state index contributed by atoms with van der Waals surface area (Å²) in [4.78, 5) is 14.9. The van der Waals surface area contributed by atoms with Gasteiger partial charge in [-0.15, -0.1) is 0 Å². The molecule has 0 aliphatic heterocycles. The zero-order valence-corrected chi connectivity index (χ0v) is 11.2. The normalized spacial score (nSPS) is 10.6. The van der Waals surface area contributed by atoms with Crippen LogP contribution >= 0.6 is 0 Å². The van der Waals surface area contributed by atoms with Crippen molar-refractivity contribution in [3.8, 4) is 11.1 Å². The number of nitrogens with one attached hydrogen (secondary N) is 2. The van der Waals surface area contributed by atoms with Crippen LogP contribution in [-0.2, 0) is 0 Å². The third-order valence-corrected chi connectivity index (χ3v) is 2.97. The van der Waals surface area contributed by atoms with Crippen LogP contribution < -0.4 is 5.32 Å². The molecular weight excluding hydrogens is 273 g/mol. The van der Waals surface area contributed by atoms with E-state index in [1.807, 2.05) is 0 Å². The van der Waals surface area contributed by atoms with Crippen molar-refractivity contribution in [3.63, 3.8) is 0 Å². The number of aryl methyl sites for hydroxylation is 1. The highest BCUT2D eigenvalue weighted by Gasteiger charge is 2.11. The van der Waals surface area contributed by atoms with Crippen LogP contribution in [0.25, 0.3) is 11.1 Å². The average Bonchev–Trinajstić information content (AvgIpc) is 3.09. The van der Waals surface area contributed by atoms with Crippen molar-refractivity contribution in [2.75, 3.05) is 5.32 Å². The molecule has 2 aromatic heterocycles. The molecule has 21 heavy (non-hydrogen) atoms. The Morgan fingerprint density at radius 3 is 2.67 bits per heavy atom. The predicted molar refractivity (Wildman–Crippen MR) is 75.4 cm³/mol. The van der Waals surface area contributed by atoms with Gasteiger partial charge >= 0.3 is 0 Å². The fourth-order valence-corrected chi connectivity index (χ4v) is 1.94. The van der Waals surface area contributed by atoms with E-state index in [1.165, 1.54) is 12.1 Å². The van der Waals surface area contributed by atoms with Crippen molar-refractivity contribution >= 4 is 11.7 Å². The molecule has 1 aromatic carbocycles. The monoisotopic (exact) mass is 285 g/mol. The smallest absolute Gasteiger partial charge is 0.273 e. The highest BCUT2D eigenvalue weighted by Crippen LogP contribution is 2.21. The second-order valence-corrected chi connectivity index (χ2v) is 4.59. The van der Waals surface area contributed by atoms with E-state index >= 15 is 0 Å². The van der Waals surface area contributed by atoms with Gasteiger partial charge in [0.25, 0.3) is 5.91 Å². The number of carbonyl (C=O) groups is 1. The molecule has 0 saturated heterocycles. The van der Waals surface area contributed by atoms with E-state index in [2.05, 4.69) is 15.5 Å². The highest BCUT2D eigenvalue weighted by molar-refractivity contribution is 6.03. The van der Waals surface area contributed by atoms with Crippen LogP contribution in [0.2, 0.25) is 0 Å². The molecule has 5 nitrogen and oxygen atoms in total. The number of H-pyrrole nitrogens is 1. The fourth-order valence-electron chi connectivity index (χ4n) is 1.94. The minimum atomic E-state index is -0.323. The van der Waals surface area contributed by atoms with Gasteiger partial charge in [-0.05, 0) is 36.2 Å². The number of anilines is 1. The van der Waals surface area contributed by atoms with Gasteiger partial charge in [0.15, 0.2) is 5.82 Å². The van der Waals surface area contributed by atoms with Gasteiger partial charge in [-0.3, -0.25) is 4.79 Å². The molecule has 1 amide bonds.